The van der Waals surface area contributed by atoms with Crippen molar-refractivity contribution in [1.82, 2.24) is 0 Å². The lowest BCUT2D eigenvalue weighted by Crippen LogP contribution is -2.66. The Kier molecular flexibility index (Phi) is 3.81. The van der Waals surface area contributed by atoms with Gasteiger partial charge in [-0.05, 0) is 19.8 Å². The van der Waals surface area contributed by atoms with Crippen LogP contribution in [0.1, 0.15) is 25.3 Å². The maximum Gasteiger partial charge on any atom is 0.257 e. The van der Waals surface area contributed by atoms with Crippen LogP contribution >= 0.6 is 0 Å². The number of carboxylic acids is 1. The molecule has 5 heteroatoms. The smallest absolute Gasteiger partial charge is 0.257 e. The summed E-state index contributed by atoms with van der Waals surface area (Å²) in [6.07, 6.45) is -0.246. The fraction of sp³-hybridized carbons (Fsp3) is 0.467. The summed E-state index contributed by atoms with van der Waals surface area (Å²) in [7, 11) is 0. The molecule has 0 aromatic heterocycles. The van der Waals surface area contributed by atoms with Crippen LogP contribution in [-0.4, -0.2) is 29.6 Å². The average molecular weight is 276 g/mol. The number of carbonyl (C=O) groups is 2. The Bertz CT molecular complexity index is 516. The number of rotatable bonds is 3. The summed E-state index contributed by atoms with van der Waals surface area (Å²) in [5, 5.41) is 22.9. The molecular weight excluding hydrogens is 258 g/mol. The maximum absolute atomic E-state index is 11.6. The molecule has 20 heavy (non-hydrogen) atoms. The van der Waals surface area contributed by atoms with E-state index < -0.39 is 17.5 Å². The highest BCUT2D eigenvalue weighted by Crippen LogP contribution is 2.34. The molecule has 1 unspecified atom stereocenters. The summed E-state index contributed by atoms with van der Waals surface area (Å²) in [5.74, 6) is -1.19. The SMILES string of the molecule is C[C@]1(C(=O)[O-])CCC[N+](Cc2ccccc2)(C(=O)[O-])C1. The van der Waals surface area contributed by atoms with Crippen molar-refractivity contribution in [3.05, 3.63) is 35.9 Å². The molecule has 1 aromatic rings. The first-order valence-corrected chi connectivity index (χ1v) is 6.71. The Morgan fingerprint density at radius 2 is 1.90 bits per heavy atom. The molecule has 1 aliphatic rings. The van der Waals surface area contributed by atoms with E-state index >= 15 is 0 Å². The lowest BCUT2D eigenvalue weighted by Gasteiger charge is -2.48. The molecule has 1 aromatic carbocycles. The van der Waals surface area contributed by atoms with Gasteiger partial charge in [0.1, 0.15) is 6.54 Å². The summed E-state index contributed by atoms with van der Waals surface area (Å²) in [5.41, 5.74) is -0.257. The summed E-state index contributed by atoms with van der Waals surface area (Å²) in [6, 6.07) is 9.21. The quantitative estimate of drug-likeness (QED) is 0.722. The van der Waals surface area contributed by atoms with E-state index in [1.54, 1.807) is 6.92 Å². The van der Waals surface area contributed by atoms with Gasteiger partial charge in [-0.3, -0.25) is 4.48 Å². The Balaban J connectivity index is 2.31. The zero-order valence-corrected chi connectivity index (χ0v) is 11.5. The zero-order valence-electron chi connectivity index (χ0n) is 11.5. The Morgan fingerprint density at radius 1 is 1.25 bits per heavy atom. The van der Waals surface area contributed by atoms with E-state index in [0.717, 1.165) is 5.56 Å². The summed E-state index contributed by atoms with van der Waals surface area (Å²) >= 11 is 0. The molecule has 5 nitrogen and oxygen atoms in total. The van der Waals surface area contributed by atoms with Crippen molar-refractivity contribution >= 4 is 12.1 Å². The minimum Gasteiger partial charge on any atom is -0.549 e. The normalized spacial score (nSPS) is 29.9. The van der Waals surface area contributed by atoms with Crippen LogP contribution in [0.4, 0.5) is 4.79 Å². The minimum absolute atomic E-state index is 0.00651. The second kappa shape index (κ2) is 5.25. The van der Waals surface area contributed by atoms with Crippen molar-refractivity contribution in [1.29, 1.82) is 0 Å². The average Bonchev–Trinajstić information content (AvgIpc) is 2.39. The van der Waals surface area contributed by atoms with Gasteiger partial charge in [0.2, 0.25) is 0 Å². The molecule has 1 aliphatic heterocycles. The highest BCUT2D eigenvalue weighted by Gasteiger charge is 2.44. The molecule has 0 spiro atoms. The van der Waals surface area contributed by atoms with Gasteiger partial charge in [0.25, 0.3) is 6.09 Å². The first kappa shape index (κ1) is 14.5. The van der Waals surface area contributed by atoms with E-state index in [1.807, 2.05) is 30.3 Å². The van der Waals surface area contributed by atoms with E-state index in [1.165, 1.54) is 0 Å². The molecule has 2 atom stereocenters. The van der Waals surface area contributed by atoms with Gasteiger partial charge < -0.3 is 19.8 Å². The molecule has 0 aliphatic carbocycles. The summed E-state index contributed by atoms with van der Waals surface area (Å²) < 4.78 is -0.353. The number of hydrogen-bond acceptors (Lipinski definition) is 4. The highest BCUT2D eigenvalue weighted by atomic mass is 16.4. The van der Waals surface area contributed by atoms with Gasteiger partial charge in [0.05, 0.1) is 24.5 Å². The molecule has 1 fully saturated rings. The van der Waals surface area contributed by atoms with Crippen molar-refractivity contribution in [2.75, 3.05) is 13.1 Å². The third-order valence-electron chi connectivity index (χ3n) is 4.17. The Hall–Kier alpha value is -1.88. The van der Waals surface area contributed by atoms with E-state index in [-0.39, 0.29) is 17.6 Å². The number of amides is 1. The number of carbonyl (C=O) groups excluding carboxylic acids is 2. The first-order chi connectivity index (χ1) is 9.38. The zero-order chi connectivity index (χ0) is 14.8. The van der Waals surface area contributed by atoms with Gasteiger partial charge in [-0.1, -0.05) is 30.3 Å². The fourth-order valence-corrected chi connectivity index (χ4v) is 3.05. The van der Waals surface area contributed by atoms with Gasteiger partial charge in [-0.15, -0.1) is 0 Å². The number of piperidine rings is 1. The van der Waals surface area contributed by atoms with E-state index in [4.69, 9.17) is 0 Å². The summed E-state index contributed by atoms with van der Waals surface area (Å²) in [6.45, 7) is 2.20. The van der Waals surface area contributed by atoms with Crippen molar-refractivity contribution in [3.63, 3.8) is 0 Å². The van der Waals surface area contributed by atoms with Crippen molar-refractivity contribution < 1.29 is 24.3 Å². The van der Waals surface area contributed by atoms with E-state index in [2.05, 4.69) is 0 Å². The first-order valence-electron chi connectivity index (χ1n) is 6.71. The van der Waals surface area contributed by atoms with Gasteiger partial charge in [-0.2, -0.15) is 0 Å². The van der Waals surface area contributed by atoms with Crippen molar-refractivity contribution in [3.8, 4) is 0 Å². The second-order valence-electron chi connectivity index (χ2n) is 5.89. The van der Waals surface area contributed by atoms with Crippen LogP contribution in [0.15, 0.2) is 30.3 Å². The number of likely N-dealkylation sites (tertiary alicyclic amines) is 1. The second-order valence-corrected chi connectivity index (χ2v) is 5.89. The topological polar surface area (TPSA) is 80.3 Å². The number of nitrogens with zero attached hydrogens (tertiary/aromatic N) is 1. The molecule has 0 radical (unpaired) electrons. The van der Waals surface area contributed by atoms with E-state index in [0.29, 0.717) is 19.4 Å². The van der Waals surface area contributed by atoms with Crippen molar-refractivity contribution in [2.24, 2.45) is 5.41 Å². The third kappa shape index (κ3) is 2.67. The predicted molar refractivity (Wildman–Crippen MR) is 67.9 cm³/mol. The standard InChI is InChI=1S/C15H19NO4/c1-15(13(17)18)8-5-9-16(11-15,14(19)20)10-12-6-3-2-4-7-12/h2-4,6-7H,5,8-11H2,1H3,(H-,17,18,19,20)/p-1/t15-,16?/m0/s1. The molecule has 1 saturated heterocycles. The van der Waals surface area contributed by atoms with Gasteiger partial charge in [0, 0.05) is 5.56 Å². The van der Waals surface area contributed by atoms with Gasteiger partial charge in [0.15, 0.2) is 0 Å². The molecule has 2 rings (SSSR count). The lowest BCUT2D eigenvalue weighted by atomic mass is 9.80. The number of benzene rings is 1. The molecule has 0 bridgehead atoms. The van der Waals surface area contributed by atoms with Crippen LogP contribution in [0, 0.1) is 5.41 Å². The van der Waals surface area contributed by atoms with Crippen LogP contribution in [0.25, 0.3) is 0 Å². The minimum atomic E-state index is -1.22. The lowest BCUT2D eigenvalue weighted by molar-refractivity contribution is -0.899. The largest absolute Gasteiger partial charge is 0.549 e. The van der Waals surface area contributed by atoms with Crippen LogP contribution in [0.5, 0.6) is 0 Å². The van der Waals surface area contributed by atoms with Crippen LogP contribution in [0.2, 0.25) is 0 Å². The number of aliphatic carboxylic acids is 1. The molecule has 0 saturated carbocycles. The Morgan fingerprint density at radius 3 is 2.45 bits per heavy atom. The molecular formula is C15H18NO4-. The maximum atomic E-state index is 11.6. The molecule has 1 amide bonds. The van der Waals surface area contributed by atoms with Crippen LogP contribution in [0.3, 0.4) is 0 Å². The molecule has 0 N–H and O–H groups in total. The molecule has 108 valence electrons. The van der Waals surface area contributed by atoms with E-state index in [9.17, 15) is 19.8 Å². The van der Waals surface area contributed by atoms with Gasteiger partial charge in [-0.25, -0.2) is 0 Å². The summed E-state index contributed by atoms with van der Waals surface area (Å²) in [4.78, 5) is 22.9. The number of hydrogen-bond donors (Lipinski definition) is 0. The third-order valence-corrected chi connectivity index (χ3v) is 4.17. The van der Waals surface area contributed by atoms with Crippen molar-refractivity contribution in [2.45, 2.75) is 26.3 Å². The van der Waals surface area contributed by atoms with Crippen LogP contribution in [-0.2, 0) is 11.3 Å². The predicted octanol–water partition coefficient (Wildman–Crippen LogP) is -0.103. The van der Waals surface area contributed by atoms with Gasteiger partial charge >= 0.3 is 0 Å². The Labute approximate surface area is 118 Å². The number of carboxylic acid groups (broad SMARTS) is 2. The monoisotopic (exact) mass is 276 g/mol. The highest BCUT2D eigenvalue weighted by molar-refractivity contribution is 5.72. The molecule has 1 heterocycles. The van der Waals surface area contributed by atoms with Crippen LogP contribution < -0.4 is 10.2 Å². The fourth-order valence-electron chi connectivity index (χ4n) is 3.05. The number of quaternary nitrogens is 1.